The van der Waals surface area contributed by atoms with Gasteiger partial charge in [-0.05, 0) is 31.9 Å². The van der Waals surface area contributed by atoms with Gasteiger partial charge >= 0.3 is 0 Å². The number of amides is 1. The number of aryl methyl sites for hydroxylation is 1. The molecule has 0 radical (unpaired) electrons. The van der Waals surface area contributed by atoms with Gasteiger partial charge in [-0.25, -0.2) is 4.98 Å². The highest BCUT2D eigenvalue weighted by Crippen LogP contribution is 2.30. The van der Waals surface area contributed by atoms with Gasteiger partial charge in [-0.3, -0.25) is 4.79 Å². The van der Waals surface area contributed by atoms with Crippen molar-refractivity contribution in [2.24, 2.45) is 11.7 Å². The summed E-state index contributed by atoms with van der Waals surface area (Å²) >= 11 is 1.67. The van der Waals surface area contributed by atoms with Crippen LogP contribution in [0.5, 0.6) is 0 Å². The summed E-state index contributed by atoms with van der Waals surface area (Å²) < 4.78 is 0. The first-order chi connectivity index (χ1) is 11.1. The fraction of sp³-hybridized carbons (Fsp3) is 0.412. The maximum Gasteiger partial charge on any atom is 0.220 e. The topological polar surface area (TPSA) is 71.2 Å². The molecule has 1 aromatic carbocycles. The molecule has 1 aliphatic rings. The van der Waals surface area contributed by atoms with Crippen LogP contribution in [-0.4, -0.2) is 24.0 Å². The molecule has 5 nitrogen and oxygen atoms in total. The highest BCUT2D eigenvalue weighted by molar-refractivity contribution is 7.09. The van der Waals surface area contributed by atoms with Gasteiger partial charge in [0.05, 0.1) is 28.6 Å². The summed E-state index contributed by atoms with van der Waals surface area (Å²) in [5, 5.41) is 6.66. The summed E-state index contributed by atoms with van der Waals surface area (Å²) in [6.45, 7) is 4.47. The second-order valence-electron chi connectivity index (χ2n) is 5.89. The summed E-state index contributed by atoms with van der Waals surface area (Å²) in [7, 11) is 0. The second kappa shape index (κ2) is 7.00. The summed E-state index contributed by atoms with van der Waals surface area (Å²) in [6.07, 6.45) is 1.66. The Bertz CT molecular complexity index is 677. The first-order valence-corrected chi connectivity index (χ1v) is 8.79. The van der Waals surface area contributed by atoms with Crippen molar-refractivity contribution in [2.45, 2.75) is 26.3 Å². The Labute approximate surface area is 140 Å². The van der Waals surface area contributed by atoms with Gasteiger partial charge < -0.3 is 16.0 Å². The van der Waals surface area contributed by atoms with Gasteiger partial charge in [0, 0.05) is 24.4 Å². The van der Waals surface area contributed by atoms with Crippen molar-refractivity contribution in [3.05, 3.63) is 40.3 Å². The van der Waals surface area contributed by atoms with Crippen LogP contribution < -0.4 is 16.0 Å². The number of anilines is 2. The van der Waals surface area contributed by atoms with E-state index in [9.17, 15) is 4.79 Å². The lowest BCUT2D eigenvalue weighted by Crippen LogP contribution is -2.38. The zero-order valence-corrected chi connectivity index (χ0v) is 14.1. The predicted molar refractivity (Wildman–Crippen MR) is 94.8 cm³/mol. The molecular formula is C17H22N4OS. The van der Waals surface area contributed by atoms with Crippen molar-refractivity contribution in [3.8, 4) is 0 Å². The first kappa shape index (κ1) is 15.8. The zero-order valence-electron chi connectivity index (χ0n) is 13.3. The van der Waals surface area contributed by atoms with Gasteiger partial charge in [-0.15, -0.1) is 11.3 Å². The maximum atomic E-state index is 11.3. The Morgan fingerprint density at radius 1 is 1.39 bits per heavy atom. The molecule has 0 atom stereocenters. The molecule has 1 aromatic heterocycles. The number of benzene rings is 1. The number of primary amides is 1. The Morgan fingerprint density at radius 2 is 2.13 bits per heavy atom. The number of nitrogens with one attached hydrogen (secondary N) is 1. The smallest absolute Gasteiger partial charge is 0.220 e. The highest BCUT2D eigenvalue weighted by Gasteiger charge is 2.24. The van der Waals surface area contributed by atoms with E-state index in [-0.39, 0.29) is 11.8 Å². The van der Waals surface area contributed by atoms with Crippen LogP contribution in [0.1, 0.15) is 23.5 Å². The van der Waals surface area contributed by atoms with Crippen molar-refractivity contribution in [2.75, 3.05) is 23.3 Å². The molecule has 1 saturated heterocycles. The molecular weight excluding hydrogens is 308 g/mol. The molecule has 23 heavy (non-hydrogen) atoms. The number of aromatic nitrogens is 1. The molecule has 0 unspecified atom stereocenters. The molecule has 3 N–H and O–H groups in total. The van der Waals surface area contributed by atoms with E-state index in [1.54, 1.807) is 11.3 Å². The number of thiazole rings is 1. The van der Waals surface area contributed by atoms with Crippen LogP contribution in [0.25, 0.3) is 0 Å². The van der Waals surface area contributed by atoms with Gasteiger partial charge in [-0.2, -0.15) is 0 Å². The number of nitrogens with two attached hydrogens (primary N) is 1. The number of para-hydroxylation sites is 2. The minimum atomic E-state index is -0.171. The highest BCUT2D eigenvalue weighted by atomic mass is 32.1. The lowest BCUT2D eigenvalue weighted by atomic mass is 9.96. The Hall–Kier alpha value is -2.08. The van der Waals surface area contributed by atoms with E-state index < -0.39 is 0 Å². The third kappa shape index (κ3) is 3.82. The van der Waals surface area contributed by atoms with Crippen molar-refractivity contribution in [1.82, 2.24) is 4.98 Å². The molecule has 122 valence electrons. The van der Waals surface area contributed by atoms with Gasteiger partial charge in [0.25, 0.3) is 0 Å². The van der Waals surface area contributed by atoms with Crippen LogP contribution in [-0.2, 0) is 11.3 Å². The van der Waals surface area contributed by atoms with E-state index in [1.807, 2.05) is 19.1 Å². The van der Waals surface area contributed by atoms with Crippen molar-refractivity contribution >= 4 is 28.6 Å². The lowest BCUT2D eigenvalue weighted by molar-refractivity contribution is -0.122. The Morgan fingerprint density at radius 3 is 2.78 bits per heavy atom. The van der Waals surface area contributed by atoms with Crippen LogP contribution in [0, 0.1) is 12.8 Å². The van der Waals surface area contributed by atoms with Crippen LogP contribution in [0.4, 0.5) is 11.4 Å². The van der Waals surface area contributed by atoms with E-state index in [0.717, 1.165) is 48.9 Å². The van der Waals surface area contributed by atoms with Crippen LogP contribution in [0.2, 0.25) is 0 Å². The fourth-order valence-corrected chi connectivity index (χ4v) is 3.59. The summed E-state index contributed by atoms with van der Waals surface area (Å²) in [4.78, 5) is 18.1. The maximum absolute atomic E-state index is 11.3. The Kier molecular flexibility index (Phi) is 4.81. The minimum absolute atomic E-state index is 0.0179. The largest absolute Gasteiger partial charge is 0.378 e. The number of carbonyl (C=O) groups excluding carboxylic acids is 1. The van der Waals surface area contributed by atoms with E-state index in [2.05, 4.69) is 32.7 Å². The number of piperidine rings is 1. The lowest BCUT2D eigenvalue weighted by Gasteiger charge is -2.33. The van der Waals surface area contributed by atoms with Gasteiger partial charge in [0.2, 0.25) is 5.91 Å². The van der Waals surface area contributed by atoms with Gasteiger partial charge in [0.15, 0.2) is 0 Å². The number of rotatable bonds is 5. The molecule has 2 heterocycles. The quantitative estimate of drug-likeness (QED) is 0.884. The molecule has 6 heteroatoms. The van der Waals surface area contributed by atoms with Crippen molar-refractivity contribution < 1.29 is 4.79 Å². The minimum Gasteiger partial charge on any atom is -0.378 e. The number of hydrogen-bond donors (Lipinski definition) is 2. The number of hydrogen-bond acceptors (Lipinski definition) is 5. The van der Waals surface area contributed by atoms with Gasteiger partial charge in [0.1, 0.15) is 0 Å². The Balaban J connectivity index is 1.67. The molecule has 0 saturated carbocycles. The average molecular weight is 330 g/mol. The predicted octanol–water partition coefficient (Wildman–Crippen LogP) is 2.77. The molecule has 0 bridgehead atoms. The van der Waals surface area contributed by atoms with Gasteiger partial charge in [-0.1, -0.05) is 12.1 Å². The molecule has 2 aromatic rings. The normalized spacial score (nSPS) is 15.6. The molecule has 1 fully saturated rings. The van der Waals surface area contributed by atoms with E-state index in [0.29, 0.717) is 0 Å². The van der Waals surface area contributed by atoms with Crippen molar-refractivity contribution in [1.29, 1.82) is 0 Å². The second-order valence-corrected chi connectivity index (χ2v) is 6.95. The molecule has 3 rings (SSSR count). The molecule has 1 amide bonds. The average Bonchev–Trinajstić information content (AvgIpc) is 2.99. The van der Waals surface area contributed by atoms with E-state index in [4.69, 9.17) is 5.73 Å². The van der Waals surface area contributed by atoms with Crippen LogP contribution in [0.3, 0.4) is 0 Å². The molecule has 0 aliphatic carbocycles. The van der Waals surface area contributed by atoms with Crippen LogP contribution >= 0.6 is 11.3 Å². The summed E-state index contributed by atoms with van der Waals surface area (Å²) in [6, 6.07) is 8.30. The fourth-order valence-electron chi connectivity index (χ4n) is 2.98. The van der Waals surface area contributed by atoms with E-state index >= 15 is 0 Å². The molecule has 1 aliphatic heterocycles. The first-order valence-electron chi connectivity index (χ1n) is 7.91. The monoisotopic (exact) mass is 330 g/mol. The summed E-state index contributed by atoms with van der Waals surface area (Å²) in [5.74, 6) is -0.153. The van der Waals surface area contributed by atoms with Crippen molar-refractivity contribution in [3.63, 3.8) is 0 Å². The third-order valence-corrected chi connectivity index (χ3v) is 5.09. The molecule has 0 spiro atoms. The SMILES string of the molecule is Cc1nc(CNc2ccccc2N2CCC(C(N)=O)CC2)cs1. The standard InChI is InChI=1S/C17H22N4OS/c1-12-20-14(11-23-12)10-19-15-4-2-3-5-16(15)21-8-6-13(7-9-21)17(18)22/h2-5,11,13,19H,6-10H2,1H3,(H2,18,22). The number of nitrogens with zero attached hydrogens (tertiary/aromatic N) is 2. The zero-order chi connectivity index (χ0) is 16.2. The van der Waals surface area contributed by atoms with Crippen LogP contribution in [0.15, 0.2) is 29.6 Å². The summed E-state index contributed by atoms with van der Waals surface area (Å²) in [5.41, 5.74) is 8.77. The number of carbonyl (C=O) groups is 1. The van der Waals surface area contributed by atoms with E-state index in [1.165, 1.54) is 5.69 Å². The third-order valence-electron chi connectivity index (χ3n) is 4.27.